The van der Waals surface area contributed by atoms with Crippen molar-refractivity contribution in [2.24, 2.45) is 0 Å². The van der Waals surface area contributed by atoms with Crippen molar-refractivity contribution in [2.45, 2.75) is 46.6 Å². The Morgan fingerprint density at radius 2 is 1.94 bits per heavy atom. The Kier molecular flexibility index (Phi) is 5.69. The quantitative estimate of drug-likeness (QED) is 0.726. The number of ether oxygens (including phenoxy) is 2. The van der Waals surface area contributed by atoms with E-state index in [1.165, 1.54) is 5.56 Å². The third-order valence-corrected chi connectivity index (χ3v) is 2.86. The molecule has 100 valence electrons. The molecule has 0 heterocycles. The van der Waals surface area contributed by atoms with Gasteiger partial charge in [0.1, 0.15) is 5.75 Å². The summed E-state index contributed by atoms with van der Waals surface area (Å²) in [7, 11) is 0. The maximum Gasteiger partial charge on any atom is 0.347 e. The molecule has 1 aromatic carbocycles. The van der Waals surface area contributed by atoms with Crippen molar-refractivity contribution < 1.29 is 14.3 Å². The lowest BCUT2D eigenvalue weighted by atomic mass is 10.1. The van der Waals surface area contributed by atoms with E-state index in [9.17, 15) is 4.79 Å². The Morgan fingerprint density at radius 1 is 1.22 bits per heavy atom. The fourth-order valence-corrected chi connectivity index (χ4v) is 1.67. The van der Waals surface area contributed by atoms with Crippen molar-refractivity contribution in [1.82, 2.24) is 0 Å². The molecule has 0 bridgehead atoms. The molecule has 0 saturated carbocycles. The fraction of sp³-hybridized carbons (Fsp3) is 0.533. The lowest BCUT2D eigenvalue weighted by molar-refractivity contribution is -0.151. The molecule has 1 unspecified atom stereocenters. The van der Waals surface area contributed by atoms with Crippen LogP contribution in [0, 0.1) is 13.8 Å². The Labute approximate surface area is 109 Å². The monoisotopic (exact) mass is 250 g/mol. The van der Waals surface area contributed by atoms with Gasteiger partial charge >= 0.3 is 5.97 Å². The highest BCUT2D eigenvalue weighted by Gasteiger charge is 2.20. The van der Waals surface area contributed by atoms with Crippen LogP contribution < -0.4 is 4.74 Å². The zero-order valence-corrected chi connectivity index (χ0v) is 11.7. The van der Waals surface area contributed by atoms with Gasteiger partial charge in [-0.3, -0.25) is 0 Å². The highest BCUT2D eigenvalue weighted by molar-refractivity contribution is 5.75. The molecule has 1 aromatic rings. The smallest absolute Gasteiger partial charge is 0.347 e. The predicted octanol–water partition coefficient (Wildman–Crippen LogP) is 3.41. The molecule has 0 aliphatic carbocycles. The average Bonchev–Trinajstić information content (AvgIpc) is 2.33. The second-order valence-corrected chi connectivity index (χ2v) is 4.39. The van der Waals surface area contributed by atoms with Crippen molar-refractivity contribution in [1.29, 1.82) is 0 Å². The van der Waals surface area contributed by atoms with E-state index < -0.39 is 6.10 Å². The fourth-order valence-electron chi connectivity index (χ4n) is 1.67. The van der Waals surface area contributed by atoms with Crippen LogP contribution in [0.4, 0.5) is 0 Å². The first kappa shape index (κ1) is 14.6. The molecular formula is C15H22O3. The Morgan fingerprint density at radius 3 is 2.50 bits per heavy atom. The van der Waals surface area contributed by atoms with Gasteiger partial charge in [0.2, 0.25) is 0 Å². The van der Waals surface area contributed by atoms with Gasteiger partial charge in [0.05, 0.1) is 6.61 Å². The normalized spacial score (nSPS) is 12.0. The van der Waals surface area contributed by atoms with E-state index in [1.54, 1.807) is 6.92 Å². The molecule has 0 amide bonds. The summed E-state index contributed by atoms with van der Waals surface area (Å²) in [5.74, 6) is 0.446. The van der Waals surface area contributed by atoms with E-state index in [-0.39, 0.29) is 5.97 Å². The lowest BCUT2D eigenvalue weighted by Gasteiger charge is -2.17. The molecule has 18 heavy (non-hydrogen) atoms. The number of aryl methyl sites for hydroxylation is 2. The molecule has 1 rings (SSSR count). The molecule has 1 atom stereocenters. The van der Waals surface area contributed by atoms with Gasteiger partial charge in [-0.15, -0.1) is 0 Å². The molecule has 3 heteroatoms. The summed E-state index contributed by atoms with van der Waals surface area (Å²) in [6.45, 7) is 8.29. The summed E-state index contributed by atoms with van der Waals surface area (Å²) in [5.41, 5.74) is 2.37. The van der Waals surface area contributed by atoms with Crippen molar-refractivity contribution in [3.8, 4) is 5.75 Å². The Balaban J connectivity index is 2.76. The molecule has 0 saturated heterocycles. The van der Waals surface area contributed by atoms with E-state index in [0.717, 1.165) is 17.7 Å². The molecule has 3 nitrogen and oxygen atoms in total. The van der Waals surface area contributed by atoms with Gasteiger partial charge in [-0.25, -0.2) is 4.79 Å². The minimum Gasteiger partial charge on any atom is -0.479 e. The Hall–Kier alpha value is -1.51. The van der Waals surface area contributed by atoms with Crippen LogP contribution in [0.1, 0.15) is 37.8 Å². The number of rotatable bonds is 6. The van der Waals surface area contributed by atoms with Gasteiger partial charge in [-0.05, 0) is 50.5 Å². The van der Waals surface area contributed by atoms with Gasteiger partial charge in [-0.1, -0.05) is 19.4 Å². The van der Waals surface area contributed by atoms with E-state index in [1.807, 2.05) is 39.0 Å². The van der Waals surface area contributed by atoms with Crippen molar-refractivity contribution in [2.75, 3.05) is 6.61 Å². The van der Waals surface area contributed by atoms with Gasteiger partial charge in [-0.2, -0.15) is 0 Å². The maximum atomic E-state index is 11.7. The zero-order chi connectivity index (χ0) is 13.5. The molecule has 0 aliphatic heterocycles. The van der Waals surface area contributed by atoms with Crippen LogP contribution in [0.2, 0.25) is 0 Å². The van der Waals surface area contributed by atoms with E-state index in [4.69, 9.17) is 9.47 Å². The molecule has 0 aliphatic rings. The van der Waals surface area contributed by atoms with Crippen LogP contribution in [0.3, 0.4) is 0 Å². The van der Waals surface area contributed by atoms with Crippen LogP contribution in [0.25, 0.3) is 0 Å². The minimum atomic E-state index is -0.503. The van der Waals surface area contributed by atoms with Crippen LogP contribution in [0.15, 0.2) is 18.2 Å². The van der Waals surface area contributed by atoms with E-state index in [0.29, 0.717) is 13.0 Å². The summed E-state index contributed by atoms with van der Waals surface area (Å²) < 4.78 is 10.7. The number of benzene rings is 1. The van der Waals surface area contributed by atoms with Crippen LogP contribution >= 0.6 is 0 Å². The number of esters is 1. The number of hydrogen-bond acceptors (Lipinski definition) is 3. The second-order valence-electron chi connectivity index (χ2n) is 4.39. The lowest BCUT2D eigenvalue weighted by Crippen LogP contribution is -2.29. The summed E-state index contributed by atoms with van der Waals surface area (Å²) in [6.07, 6.45) is 1.05. The average molecular weight is 250 g/mol. The highest BCUT2D eigenvalue weighted by atomic mass is 16.6. The summed E-state index contributed by atoms with van der Waals surface area (Å²) >= 11 is 0. The zero-order valence-electron chi connectivity index (χ0n) is 11.7. The third-order valence-electron chi connectivity index (χ3n) is 2.86. The number of carbonyl (C=O) groups is 1. The minimum absolute atomic E-state index is 0.280. The molecule has 0 N–H and O–H groups in total. The largest absolute Gasteiger partial charge is 0.479 e. The van der Waals surface area contributed by atoms with Crippen molar-refractivity contribution in [3.05, 3.63) is 29.3 Å². The highest BCUT2D eigenvalue weighted by Crippen LogP contribution is 2.19. The number of hydrogen-bond donors (Lipinski definition) is 0. The van der Waals surface area contributed by atoms with Crippen LogP contribution in [-0.2, 0) is 9.53 Å². The standard InChI is InChI=1S/C15H22O3/c1-5-7-14(15(16)17-6-2)18-13-9-8-11(3)12(4)10-13/h8-10,14H,5-7H2,1-4H3. The molecule has 0 radical (unpaired) electrons. The summed E-state index contributed by atoms with van der Waals surface area (Å²) in [4.78, 5) is 11.7. The van der Waals surface area contributed by atoms with Crippen molar-refractivity contribution in [3.63, 3.8) is 0 Å². The predicted molar refractivity (Wildman–Crippen MR) is 71.9 cm³/mol. The molecule has 0 spiro atoms. The van der Waals surface area contributed by atoms with Gasteiger partial charge in [0, 0.05) is 0 Å². The third kappa shape index (κ3) is 4.06. The second kappa shape index (κ2) is 7.04. The Bertz CT molecular complexity index is 399. The van der Waals surface area contributed by atoms with Gasteiger partial charge in [0.15, 0.2) is 6.10 Å². The van der Waals surface area contributed by atoms with Crippen LogP contribution in [0.5, 0.6) is 5.75 Å². The van der Waals surface area contributed by atoms with E-state index >= 15 is 0 Å². The van der Waals surface area contributed by atoms with Gasteiger partial charge < -0.3 is 9.47 Å². The first-order valence-electron chi connectivity index (χ1n) is 6.49. The molecular weight excluding hydrogens is 228 g/mol. The topological polar surface area (TPSA) is 35.5 Å². The van der Waals surface area contributed by atoms with Gasteiger partial charge in [0.25, 0.3) is 0 Å². The van der Waals surface area contributed by atoms with E-state index in [2.05, 4.69) is 0 Å². The number of carbonyl (C=O) groups excluding carboxylic acids is 1. The molecule has 0 fully saturated rings. The molecule has 0 aromatic heterocycles. The summed E-state index contributed by atoms with van der Waals surface area (Å²) in [6, 6.07) is 5.85. The van der Waals surface area contributed by atoms with Crippen molar-refractivity contribution >= 4 is 5.97 Å². The SMILES string of the molecule is CCCC(Oc1ccc(C)c(C)c1)C(=O)OCC. The first-order valence-corrected chi connectivity index (χ1v) is 6.49. The van der Waals surface area contributed by atoms with Crippen LogP contribution in [-0.4, -0.2) is 18.7 Å². The first-order chi connectivity index (χ1) is 8.58. The summed E-state index contributed by atoms with van der Waals surface area (Å²) in [5, 5.41) is 0. The maximum absolute atomic E-state index is 11.7.